The lowest BCUT2D eigenvalue weighted by atomic mass is 10.0. The molecule has 0 unspecified atom stereocenters. The second-order valence-corrected chi connectivity index (χ2v) is 8.30. The molecule has 2 amide bonds. The molecule has 0 aromatic heterocycles. The van der Waals surface area contributed by atoms with E-state index in [9.17, 15) is 9.59 Å². The van der Waals surface area contributed by atoms with E-state index in [1.54, 1.807) is 42.5 Å². The lowest BCUT2D eigenvalue weighted by molar-refractivity contribution is -0.120. The standard InChI is InChI=1S/C25H20Cl2N2O2/c1-14-6-4-9-21(15(14)2)29-24(30)22(17-10-12-18(26)13-11-17)23(25(29)31)28-20-8-5-7-19(27)16(20)3/h4-13,28H,1-3H3. The molecule has 0 radical (unpaired) electrons. The zero-order chi connectivity index (χ0) is 22.3. The molecule has 4 rings (SSSR count). The van der Waals surface area contributed by atoms with Crippen LogP contribution in [-0.2, 0) is 9.59 Å². The Morgan fingerprint density at radius 3 is 2.16 bits per heavy atom. The Kier molecular flexibility index (Phi) is 5.61. The third kappa shape index (κ3) is 3.73. The van der Waals surface area contributed by atoms with Gasteiger partial charge in [0.05, 0.1) is 11.3 Å². The molecule has 4 nitrogen and oxygen atoms in total. The van der Waals surface area contributed by atoms with Gasteiger partial charge in [-0.2, -0.15) is 0 Å². The fourth-order valence-electron chi connectivity index (χ4n) is 3.60. The first-order chi connectivity index (χ1) is 14.8. The van der Waals surface area contributed by atoms with Gasteiger partial charge in [-0.3, -0.25) is 9.59 Å². The first kappa shape index (κ1) is 21.2. The normalized spacial score (nSPS) is 13.9. The summed E-state index contributed by atoms with van der Waals surface area (Å²) < 4.78 is 0. The summed E-state index contributed by atoms with van der Waals surface area (Å²) in [6, 6.07) is 17.8. The second-order valence-electron chi connectivity index (χ2n) is 7.46. The summed E-state index contributed by atoms with van der Waals surface area (Å²) >= 11 is 12.3. The van der Waals surface area contributed by atoms with Crippen molar-refractivity contribution in [1.29, 1.82) is 0 Å². The van der Waals surface area contributed by atoms with Gasteiger partial charge in [-0.05, 0) is 73.4 Å². The lowest BCUT2D eigenvalue weighted by Crippen LogP contribution is -2.33. The summed E-state index contributed by atoms with van der Waals surface area (Å²) in [5, 5.41) is 4.30. The van der Waals surface area contributed by atoms with E-state index in [-0.39, 0.29) is 11.6 Å². The fraction of sp³-hybridized carbons (Fsp3) is 0.120. The van der Waals surface area contributed by atoms with Crippen LogP contribution in [0.2, 0.25) is 10.0 Å². The van der Waals surface area contributed by atoms with Crippen molar-refractivity contribution >= 4 is 52.0 Å². The predicted octanol–water partition coefficient (Wildman–Crippen LogP) is 6.32. The molecule has 1 aliphatic heterocycles. The van der Waals surface area contributed by atoms with Gasteiger partial charge in [-0.1, -0.05) is 53.5 Å². The number of carbonyl (C=O) groups excluding carboxylic acids is 2. The van der Waals surface area contributed by atoms with Gasteiger partial charge in [-0.15, -0.1) is 0 Å². The van der Waals surface area contributed by atoms with Crippen molar-refractivity contribution in [2.75, 3.05) is 10.2 Å². The maximum absolute atomic E-state index is 13.6. The maximum Gasteiger partial charge on any atom is 0.282 e. The van der Waals surface area contributed by atoms with Crippen LogP contribution in [0.25, 0.3) is 5.57 Å². The van der Waals surface area contributed by atoms with Gasteiger partial charge in [0.2, 0.25) is 0 Å². The average molecular weight is 451 g/mol. The predicted molar refractivity (Wildman–Crippen MR) is 127 cm³/mol. The third-order valence-electron chi connectivity index (χ3n) is 5.56. The maximum atomic E-state index is 13.6. The fourth-order valence-corrected chi connectivity index (χ4v) is 3.90. The number of carbonyl (C=O) groups is 2. The SMILES string of the molecule is Cc1cccc(N2C(=O)C(Nc3cccc(Cl)c3C)=C(c3ccc(Cl)cc3)C2=O)c1C. The van der Waals surface area contributed by atoms with Gasteiger partial charge in [0.15, 0.2) is 0 Å². The number of nitrogens with zero attached hydrogens (tertiary/aromatic N) is 1. The molecule has 1 heterocycles. The summed E-state index contributed by atoms with van der Waals surface area (Å²) in [6.07, 6.45) is 0. The molecule has 0 saturated carbocycles. The van der Waals surface area contributed by atoms with Gasteiger partial charge in [0, 0.05) is 15.7 Å². The third-order valence-corrected chi connectivity index (χ3v) is 6.22. The molecule has 0 fully saturated rings. The topological polar surface area (TPSA) is 49.4 Å². The second kappa shape index (κ2) is 8.22. The van der Waals surface area contributed by atoms with Gasteiger partial charge in [0.25, 0.3) is 11.8 Å². The Morgan fingerprint density at radius 2 is 1.45 bits per heavy atom. The number of hydrogen-bond donors (Lipinski definition) is 1. The Morgan fingerprint density at radius 1 is 0.774 bits per heavy atom. The van der Waals surface area contributed by atoms with Crippen LogP contribution in [0, 0.1) is 20.8 Å². The van der Waals surface area contributed by atoms with Crippen LogP contribution < -0.4 is 10.2 Å². The molecule has 1 aliphatic rings. The van der Waals surface area contributed by atoms with Crippen LogP contribution >= 0.6 is 23.2 Å². The first-order valence-corrected chi connectivity index (χ1v) is 10.5. The van der Waals surface area contributed by atoms with E-state index in [4.69, 9.17) is 23.2 Å². The highest BCUT2D eigenvalue weighted by atomic mass is 35.5. The van der Waals surface area contributed by atoms with Crippen molar-refractivity contribution in [2.24, 2.45) is 0 Å². The monoisotopic (exact) mass is 450 g/mol. The quantitative estimate of drug-likeness (QED) is 0.473. The number of aryl methyl sites for hydroxylation is 1. The van der Waals surface area contributed by atoms with Crippen molar-refractivity contribution in [3.05, 3.63) is 98.7 Å². The van der Waals surface area contributed by atoms with Gasteiger partial charge < -0.3 is 5.32 Å². The number of imide groups is 1. The molecule has 6 heteroatoms. The van der Waals surface area contributed by atoms with Crippen LogP contribution in [0.4, 0.5) is 11.4 Å². The minimum absolute atomic E-state index is 0.207. The van der Waals surface area contributed by atoms with Gasteiger partial charge in [-0.25, -0.2) is 4.90 Å². The van der Waals surface area contributed by atoms with Crippen LogP contribution in [0.1, 0.15) is 22.3 Å². The van der Waals surface area contributed by atoms with E-state index in [1.807, 2.05) is 39.0 Å². The summed E-state index contributed by atoms with van der Waals surface area (Å²) in [6.45, 7) is 5.71. The molecule has 0 atom stereocenters. The Bertz CT molecular complexity index is 1250. The zero-order valence-corrected chi connectivity index (χ0v) is 18.8. The minimum Gasteiger partial charge on any atom is -0.350 e. The minimum atomic E-state index is -0.414. The highest BCUT2D eigenvalue weighted by Crippen LogP contribution is 2.37. The van der Waals surface area contributed by atoms with E-state index < -0.39 is 5.91 Å². The van der Waals surface area contributed by atoms with Gasteiger partial charge >= 0.3 is 0 Å². The molecule has 0 saturated heterocycles. The summed E-state index contributed by atoms with van der Waals surface area (Å²) in [7, 11) is 0. The van der Waals surface area contributed by atoms with E-state index in [1.165, 1.54) is 4.90 Å². The smallest absolute Gasteiger partial charge is 0.282 e. The van der Waals surface area contributed by atoms with Crippen molar-refractivity contribution in [3.8, 4) is 0 Å². The highest BCUT2D eigenvalue weighted by molar-refractivity contribution is 6.46. The number of anilines is 2. The van der Waals surface area contributed by atoms with Crippen molar-refractivity contribution in [3.63, 3.8) is 0 Å². The number of halogens is 2. The van der Waals surface area contributed by atoms with Crippen molar-refractivity contribution < 1.29 is 9.59 Å². The molecule has 31 heavy (non-hydrogen) atoms. The molecule has 156 valence electrons. The highest BCUT2D eigenvalue weighted by Gasteiger charge is 2.41. The molecule has 3 aromatic rings. The number of nitrogens with one attached hydrogen (secondary N) is 1. The van der Waals surface area contributed by atoms with E-state index in [0.29, 0.717) is 32.6 Å². The van der Waals surface area contributed by atoms with E-state index >= 15 is 0 Å². The van der Waals surface area contributed by atoms with E-state index in [0.717, 1.165) is 16.7 Å². The molecular weight excluding hydrogens is 431 g/mol. The van der Waals surface area contributed by atoms with Gasteiger partial charge in [0.1, 0.15) is 5.70 Å². The largest absolute Gasteiger partial charge is 0.350 e. The zero-order valence-electron chi connectivity index (χ0n) is 17.3. The van der Waals surface area contributed by atoms with Crippen molar-refractivity contribution in [2.45, 2.75) is 20.8 Å². The Hall–Kier alpha value is -3.08. The van der Waals surface area contributed by atoms with Crippen LogP contribution in [-0.4, -0.2) is 11.8 Å². The van der Waals surface area contributed by atoms with Crippen LogP contribution in [0.5, 0.6) is 0 Å². The Balaban J connectivity index is 1.88. The number of benzene rings is 3. The summed E-state index contributed by atoms with van der Waals surface area (Å²) in [4.78, 5) is 28.4. The van der Waals surface area contributed by atoms with E-state index in [2.05, 4.69) is 5.32 Å². The number of hydrogen-bond acceptors (Lipinski definition) is 3. The summed E-state index contributed by atoms with van der Waals surface area (Å²) in [5.74, 6) is -0.800. The van der Waals surface area contributed by atoms with Crippen LogP contribution in [0.15, 0.2) is 66.4 Å². The Labute approximate surface area is 191 Å². The lowest BCUT2D eigenvalue weighted by Gasteiger charge is -2.19. The van der Waals surface area contributed by atoms with Crippen LogP contribution in [0.3, 0.4) is 0 Å². The van der Waals surface area contributed by atoms with Crippen molar-refractivity contribution in [1.82, 2.24) is 0 Å². The molecule has 0 bridgehead atoms. The molecule has 3 aromatic carbocycles. The number of rotatable bonds is 4. The molecule has 0 spiro atoms. The molecular formula is C25H20Cl2N2O2. The summed E-state index contributed by atoms with van der Waals surface area (Å²) in [5.41, 5.74) is 5.01. The molecule has 1 N–H and O–H groups in total. The average Bonchev–Trinajstić information content (AvgIpc) is 2.98. The molecule has 0 aliphatic carbocycles. The number of amides is 2. The first-order valence-electron chi connectivity index (χ1n) is 9.77.